The molecule has 0 unspecified atom stereocenters. The molecule has 0 radical (unpaired) electrons. The maximum Gasteiger partial charge on any atom is 0.138 e. The number of nitrogens with zero attached hydrogens (tertiary/aromatic N) is 1. The second-order valence-corrected chi connectivity index (χ2v) is 6.79. The Morgan fingerprint density at radius 1 is 0.852 bits per heavy atom. The molecule has 4 rings (SSSR count). The van der Waals surface area contributed by atoms with Crippen LogP contribution in [-0.4, -0.2) is 9.97 Å². The Balaban J connectivity index is 1.50. The maximum absolute atomic E-state index is 5.98. The van der Waals surface area contributed by atoms with Crippen molar-refractivity contribution in [2.75, 3.05) is 0 Å². The van der Waals surface area contributed by atoms with E-state index in [4.69, 9.17) is 16.3 Å². The van der Waals surface area contributed by atoms with Crippen LogP contribution in [0, 0.1) is 6.92 Å². The van der Waals surface area contributed by atoms with E-state index in [1.54, 1.807) is 0 Å². The highest BCUT2D eigenvalue weighted by atomic mass is 35.5. The number of H-pyrrole nitrogens is 1. The first-order chi connectivity index (χ1) is 13.2. The van der Waals surface area contributed by atoms with E-state index in [-0.39, 0.29) is 0 Å². The zero-order valence-corrected chi connectivity index (χ0v) is 15.7. The minimum absolute atomic E-state index is 0.556. The fourth-order valence-electron chi connectivity index (χ4n) is 2.94. The van der Waals surface area contributed by atoms with Crippen molar-refractivity contribution in [3.63, 3.8) is 0 Å². The van der Waals surface area contributed by atoms with Gasteiger partial charge in [-0.15, -0.1) is 0 Å². The number of ether oxygens (including phenoxy) is 1. The fraction of sp³-hybridized carbons (Fsp3) is 0.0870. The van der Waals surface area contributed by atoms with Crippen LogP contribution in [0.5, 0.6) is 5.75 Å². The minimum Gasteiger partial charge on any atom is -0.489 e. The van der Waals surface area contributed by atoms with Crippen LogP contribution in [-0.2, 0) is 6.61 Å². The van der Waals surface area contributed by atoms with Gasteiger partial charge in [-0.2, -0.15) is 0 Å². The Kier molecular flexibility index (Phi) is 4.95. The van der Waals surface area contributed by atoms with Gasteiger partial charge in [0.15, 0.2) is 0 Å². The largest absolute Gasteiger partial charge is 0.489 e. The summed E-state index contributed by atoms with van der Waals surface area (Å²) in [7, 11) is 0. The first-order valence-electron chi connectivity index (χ1n) is 8.79. The molecule has 0 bridgehead atoms. The van der Waals surface area contributed by atoms with Crippen LogP contribution in [0.3, 0.4) is 0 Å². The van der Waals surface area contributed by atoms with E-state index < -0.39 is 0 Å². The summed E-state index contributed by atoms with van der Waals surface area (Å²) in [5.41, 5.74) is 5.20. The van der Waals surface area contributed by atoms with Crippen LogP contribution in [0.1, 0.15) is 11.3 Å². The summed E-state index contributed by atoms with van der Waals surface area (Å²) in [4.78, 5) is 8.09. The number of aromatic amines is 1. The molecular weight excluding hydrogens is 356 g/mol. The van der Waals surface area contributed by atoms with Crippen LogP contribution in [0.4, 0.5) is 0 Å². The van der Waals surface area contributed by atoms with E-state index in [0.717, 1.165) is 44.7 Å². The van der Waals surface area contributed by atoms with Crippen molar-refractivity contribution in [1.82, 2.24) is 9.97 Å². The van der Waals surface area contributed by atoms with Crippen molar-refractivity contribution < 1.29 is 4.74 Å². The SMILES string of the molecule is Cc1nc(-c2ccc(OCc3ccccc3)cc2)[nH]c1-c1ccc(Cl)cc1. The van der Waals surface area contributed by atoms with Gasteiger partial charge in [-0.25, -0.2) is 4.98 Å². The maximum atomic E-state index is 5.98. The minimum atomic E-state index is 0.556. The summed E-state index contributed by atoms with van der Waals surface area (Å²) >= 11 is 5.98. The number of nitrogens with one attached hydrogen (secondary N) is 1. The van der Waals surface area contributed by atoms with Gasteiger partial charge in [0.25, 0.3) is 0 Å². The van der Waals surface area contributed by atoms with Crippen molar-refractivity contribution in [3.05, 3.63) is 95.1 Å². The summed E-state index contributed by atoms with van der Waals surface area (Å²) in [5.74, 6) is 1.68. The molecule has 0 spiro atoms. The summed E-state index contributed by atoms with van der Waals surface area (Å²) in [6.07, 6.45) is 0. The molecule has 0 saturated heterocycles. The molecule has 4 aromatic rings. The van der Waals surface area contributed by atoms with Gasteiger partial charge >= 0.3 is 0 Å². The molecule has 0 aliphatic carbocycles. The van der Waals surface area contributed by atoms with E-state index >= 15 is 0 Å². The van der Waals surface area contributed by atoms with E-state index in [9.17, 15) is 0 Å². The first-order valence-corrected chi connectivity index (χ1v) is 9.16. The van der Waals surface area contributed by atoms with Crippen LogP contribution >= 0.6 is 11.6 Å². The number of halogens is 1. The van der Waals surface area contributed by atoms with E-state index in [1.165, 1.54) is 0 Å². The molecule has 0 amide bonds. The number of rotatable bonds is 5. The lowest BCUT2D eigenvalue weighted by atomic mass is 10.1. The zero-order chi connectivity index (χ0) is 18.6. The van der Waals surface area contributed by atoms with Crippen molar-refractivity contribution in [1.29, 1.82) is 0 Å². The molecule has 0 fully saturated rings. The molecule has 134 valence electrons. The third-order valence-electron chi connectivity index (χ3n) is 4.39. The van der Waals surface area contributed by atoms with Crippen LogP contribution < -0.4 is 4.74 Å². The van der Waals surface area contributed by atoms with Gasteiger partial charge < -0.3 is 9.72 Å². The standard InChI is InChI=1S/C23H19ClN2O/c1-16-22(18-7-11-20(24)12-8-18)26-23(25-16)19-9-13-21(14-10-19)27-15-17-5-3-2-4-6-17/h2-14H,15H2,1H3,(H,25,26). The molecule has 3 aromatic carbocycles. The van der Waals surface area contributed by atoms with Gasteiger partial charge in [0.05, 0.1) is 11.4 Å². The molecule has 1 heterocycles. The lowest BCUT2D eigenvalue weighted by molar-refractivity contribution is 0.306. The summed E-state index contributed by atoms with van der Waals surface area (Å²) in [6.45, 7) is 2.56. The summed E-state index contributed by atoms with van der Waals surface area (Å²) in [6, 6.07) is 25.9. The van der Waals surface area contributed by atoms with Crippen LogP contribution in [0.15, 0.2) is 78.9 Å². The number of benzene rings is 3. The Bertz CT molecular complexity index is 1020. The van der Waals surface area contributed by atoms with Gasteiger partial charge in [0, 0.05) is 10.6 Å². The molecule has 4 heteroatoms. The molecule has 0 aliphatic heterocycles. The first kappa shape index (κ1) is 17.4. The van der Waals surface area contributed by atoms with Crippen molar-refractivity contribution >= 4 is 11.6 Å². The number of aromatic nitrogens is 2. The average molecular weight is 375 g/mol. The Morgan fingerprint density at radius 3 is 2.22 bits per heavy atom. The predicted molar refractivity (Wildman–Crippen MR) is 110 cm³/mol. The number of imidazole rings is 1. The summed E-state index contributed by atoms with van der Waals surface area (Å²) < 4.78 is 5.85. The number of hydrogen-bond donors (Lipinski definition) is 1. The fourth-order valence-corrected chi connectivity index (χ4v) is 3.07. The lowest BCUT2D eigenvalue weighted by Crippen LogP contribution is -1.94. The van der Waals surface area contributed by atoms with Crippen molar-refractivity contribution in [2.45, 2.75) is 13.5 Å². The van der Waals surface area contributed by atoms with Crippen LogP contribution in [0.25, 0.3) is 22.6 Å². The van der Waals surface area contributed by atoms with Crippen molar-refractivity contribution in [2.24, 2.45) is 0 Å². The Morgan fingerprint density at radius 2 is 1.52 bits per heavy atom. The third kappa shape index (κ3) is 4.04. The summed E-state index contributed by atoms with van der Waals surface area (Å²) in [5, 5.41) is 0.724. The van der Waals surface area contributed by atoms with Crippen LogP contribution in [0.2, 0.25) is 5.02 Å². The molecule has 0 atom stereocenters. The average Bonchev–Trinajstić information content (AvgIpc) is 3.10. The Labute approximate surface area is 163 Å². The molecule has 1 aromatic heterocycles. The Hall–Kier alpha value is -3.04. The van der Waals surface area contributed by atoms with Gasteiger partial charge in [0.1, 0.15) is 18.2 Å². The zero-order valence-electron chi connectivity index (χ0n) is 14.9. The number of hydrogen-bond acceptors (Lipinski definition) is 2. The second-order valence-electron chi connectivity index (χ2n) is 6.35. The van der Waals surface area contributed by atoms with E-state index in [2.05, 4.69) is 22.1 Å². The molecular formula is C23H19ClN2O. The van der Waals surface area contributed by atoms with Crippen molar-refractivity contribution in [3.8, 4) is 28.4 Å². The van der Waals surface area contributed by atoms with Gasteiger partial charge in [-0.05, 0) is 54.4 Å². The topological polar surface area (TPSA) is 37.9 Å². The molecule has 0 saturated carbocycles. The molecule has 1 N–H and O–H groups in total. The van der Waals surface area contributed by atoms with Gasteiger partial charge in [0.2, 0.25) is 0 Å². The predicted octanol–water partition coefficient (Wildman–Crippen LogP) is 6.28. The third-order valence-corrected chi connectivity index (χ3v) is 4.65. The molecule has 3 nitrogen and oxygen atoms in total. The lowest BCUT2D eigenvalue weighted by Gasteiger charge is -2.06. The highest BCUT2D eigenvalue weighted by molar-refractivity contribution is 6.30. The second kappa shape index (κ2) is 7.68. The normalized spacial score (nSPS) is 10.7. The highest BCUT2D eigenvalue weighted by Gasteiger charge is 2.10. The number of aryl methyl sites for hydroxylation is 1. The van der Waals surface area contributed by atoms with E-state index in [0.29, 0.717) is 6.61 Å². The smallest absolute Gasteiger partial charge is 0.138 e. The quantitative estimate of drug-likeness (QED) is 0.446. The monoisotopic (exact) mass is 374 g/mol. The molecule has 27 heavy (non-hydrogen) atoms. The molecule has 0 aliphatic rings. The van der Waals surface area contributed by atoms with Gasteiger partial charge in [-0.3, -0.25) is 0 Å². The highest BCUT2D eigenvalue weighted by Crippen LogP contribution is 2.27. The van der Waals surface area contributed by atoms with E-state index in [1.807, 2.05) is 73.7 Å². The van der Waals surface area contributed by atoms with Gasteiger partial charge in [-0.1, -0.05) is 54.1 Å².